The Morgan fingerprint density at radius 1 is 1.47 bits per heavy atom. The highest BCUT2D eigenvalue weighted by atomic mass is 79.9. The van der Waals surface area contributed by atoms with Gasteiger partial charge in [-0.25, -0.2) is 0 Å². The molecule has 3 N–H and O–H groups in total. The molecule has 17 heavy (non-hydrogen) atoms. The molecule has 0 saturated heterocycles. The first-order chi connectivity index (χ1) is 8.00. The number of benzene rings is 1. The van der Waals surface area contributed by atoms with Crippen LogP contribution in [0.4, 0.5) is 5.69 Å². The van der Waals surface area contributed by atoms with Crippen molar-refractivity contribution in [3.63, 3.8) is 0 Å². The fourth-order valence-corrected chi connectivity index (χ4v) is 3.12. The molecule has 0 aliphatic heterocycles. The van der Waals surface area contributed by atoms with E-state index in [-0.39, 0.29) is 0 Å². The third-order valence-corrected chi connectivity index (χ3v) is 4.25. The minimum atomic E-state index is 0.487. The molecule has 0 spiro atoms. The number of rotatable bonds is 3. The molecule has 1 unspecified atom stereocenters. The summed E-state index contributed by atoms with van der Waals surface area (Å²) in [6.45, 7) is 5.29. The average Bonchev–Trinajstić information content (AvgIpc) is 2.61. The molecule has 3 heteroatoms. The topological polar surface area (TPSA) is 38.0 Å². The Bertz CT molecular complexity index is 401. The van der Waals surface area contributed by atoms with Gasteiger partial charge in [-0.1, -0.05) is 19.9 Å². The summed E-state index contributed by atoms with van der Waals surface area (Å²) in [5.41, 5.74) is 8.46. The van der Waals surface area contributed by atoms with Crippen LogP contribution in [0.5, 0.6) is 0 Å². The lowest BCUT2D eigenvalue weighted by atomic mass is 9.92. The lowest BCUT2D eigenvalue weighted by Crippen LogP contribution is -2.17. The number of hydrogen-bond acceptors (Lipinski definition) is 2. The highest BCUT2D eigenvalue weighted by molar-refractivity contribution is 9.10. The second-order valence-electron chi connectivity index (χ2n) is 5.77. The maximum atomic E-state index is 5.63. The van der Waals surface area contributed by atoms with E-state index < -0.39 is 0 Å². The van der Waals surface area contributed by atoms with Crippen LogP contribution in [-0.4, -0.2) is 6.04 Å². The second kappa shape index (κ2) is 4.99. The quantitative estimate of drug-likeness (QED) is 0.888. The van der Waals surface area contributed by atoms with Gasteiger partial charge in [-0.3, -0.25) is 0 Å². The van der Waals surface area contributed by atoms with E-state index in [1.807, 2.05) is 0 Å². The van der Waals surface area contributed by atoms with Gasteiger partial charge in [0.1, 0.15) is 0 Å². The van der Waals surface area contributed by atoms with Crippen molar-refractivity contribution in [2.24, 2.45) is 11.1 Å². The van der Waals surface area contributed by atoms with Crippen molar-refractivity contribution in [1.29, 1.82) is 0 Å². The largest absolute Gasteiger partial charge is 0.381 e. The number of halogens is 1. The first-order valence-electron chi connectivity index (χ1n) is 6.25. The maximum absolute atomic E-state index is 5.63. The Morgan fingerprint density at radius 2 is 2.24 bits per heavy atom. The van der Waals surface area contributed by atoms with Crippen molar-refractivity contribution >= 4 is 21.6 Å². The van der Waals surface area contributed by atoms with Crippen molar-refractivity contribution in [3.8, 4) is 0 Å². The SMILES string of the molecule is CC1(C)CCC(Nc2ccc(CN)cc2Br)C1. The molecule has 0 radical (unpaired) electrons. The molecular weight excluding hydrogens is 276 g/mol. The summed E-state index contributed by atoms with van der Waals surface area (Å²) >= 11 is 3.61. The molecule has 1 aliphatic carbocycles. The predicted molar refractivity (Wildman–Crippen MR) is 77.1 cm³/mol. The molecule has 1 saturated carbocycles. The Kier molecular flexibility index (Phi) is 3.79. The molecule has 94 valence electrons. The average molecular weight is 297 g/mol. The fourth-order valence-electron chi connectivity index (χ4n) is 2.58. The zero-order valence-electron chi connectivity index (χ0n) is 10.6. The van der Waals surface area contributed by atoms with Crippen LogP contribution in [-0.2, 0) is 6.54 Å². The van der Waals surface area contributed by atoms with Crippen molar-refractivity contribution in [3.05, 3.63) is 28.2 Å². The molecule has 1 aromatic carbocycles. The van der Waals surface area contributed by atoms with Gasteiger partial charge in [0.2, 0.25) is 0 Å². The van der Waals surface area contributed by atoms with Crippen LogP contribution in [0, 0.1) is 5.41 Å². The molecule has 1 atom stereocenters. The standard InChI is InChI=1S/C14H21BrN2/c1-14(2)6-5-11(8-14)17-13-4-3-10(9-16)7-12(13)15/h3-4,7,11,17H,5-6,8-9,16H2,1-2H3. The smallest absolute Gasteiger partial charge is 0.0486 e. The summed E-state index contributed by atoms with van der Waals surface area (Å²) in [4.78, 5) is 0. The van der Waals surface area contributed by atoms with Crippen LogP contribution in [0.15, 0.2) is 22.7 Å². The lowest BCUT2D eigenvalue weighted by Gasteiger charge is -2.19. The number of hydrogen-bond donors (Lipinski definition) is 2. The van der Waals surface area contributed by atoms with E-state index >= 15 is 0 Å². The molecule has 2 rings (SSSR count). The third kappa shape index (κ3) is 3.23. The molecular formula is C14H21BrN2. The number of anilines is 1. The van der Waals surface area contributed by atoms with Crippen molar-refractivity contribution < 1.29 is 0 Å². The Hall–Kier alpha value is -0.540. The molecule has 0 bridgehead atoms. The number of nitrogens with two attached hydrogens (primary N) is 1. The van der Waals surface area contributed by atoms with E-state index in [4.69, 9.17) is 5.73 Å². The first kappa shape index (κ1) is 12.9. The summed E-state index contributed by atoms with van der Waals surface area (Å²) in [5.74, 6) is 0. The highest BCUT2D eigenvalue weighted by Gasteiger charge is 2.30. The molecule has 1 fully saturated rings. The minimum absolute atomic E-state index is 0.487. The number of nitrogens with one attached hydrogen (secondary N) is 1. The van der Waals surface area contributed by atoms with E-state index in [1.54, 1.807) is 0 Å². The van der Waals surface area contributed by atoms with Gasteiger partial charge < -0.3 is 11.1 Å². The summed E-state index contributed by atoms with van der Waals surface area (Å²) in [6, 6.07) is 6.91. The summed E-state index contributed by atoms with van der Waals surface area (Å²) in [5, 5.41) is 3.63. The lowest BCUT2D eigenvalue weighted by molar-refractivity contribution is 0.378. The molecule has 1 aromatic rings. The van der Waals surface area contributed by atoms with Gasteiger partial charge in [0.05, 0.1) is 0 Å². The van der Waals surface area contributed by atoms with Crippen LogP contribution in [0.25, 0.3) is 0 Å². The van der Waals surface area contributed by atoms with E-state index in [9.17, 15) is 0 Å². The molecule has 1 aliphatic rings. The zero-order chi connectivity index (χ0) is 12.5. The van der Waals surface area contributed by atoms with E-state index in [0.717, 1.165) is 10.0 Å². The van der Waals surface area contributed by atoms with Crippen molar-refractivity contribution in [1.82, 2.24) is 0 Å². The highest BCUT2D eigenvalue weighted by Crippen LogP contribution is 2.39. The van der Waals surface area contributed by atoms with Crippen molar-refractivity contribution in [2.75, 3.05) is 5.32 Å². The van der Waals surface area contributed by atoms with Crippen LogP contribution >= 0.6 is 15.9 Å². The zero-order valence-corrected chi connectivity index (χ0v) is 12.2. The predicted octanol–water partition coefficient (Wildman–Crippen LogP) is 3.90. The van der Waals surface area contributed by atoms with Crippen molar-refractivity contribution in [2.45, 2.75) is 45.7 Å². The maximum Gasteiger partial charge on any atom is 0.0486 e. The van der Waals surface area contributed by atoms with Gasteiger partial charge >= 0.3 is 0 Å². The fraction of sp³-hybridized carbons (Fsp3) is 0.571. The molecule has 2 nitrogen and oxygen atoms in total. The monoisotopic (exact) mass is 296 g/mol. The van der Waals surface area contributed by atoms with E-state index in [2.05, 4.69) is 53.3 Å². The van der Waals surface area contributed by atoms with Gasteiger partial charge in [-0.15, -0.1) is 0 Å². The van der Waals surface area contributed by atoms with Gasteiger partial charge in [-0.2, -0.15) is 0 Å². The van der Waals surface area contributed by atoms with Crippen LogP contribution in [0.2, 0.25) is 0 Å². The third-order valence-electron chi connectivity index (χ3n) is 3.60. The minimum Gasteiger partial charge on any atom is -0.381 e. The first-order valence-corrected chi connectivity index (χ1v) is 7.04. The van der Waals surface area contributed by atoms with E-state index in [1.165, 1.54) is 24.9 Å². The second-order valence-corrected chi connectivity index (χ2v) is 6.62. The summed E-state index contributed by atoms with van der Waals surface area (Å²) in [6.07, 6.45) is 3.82. The Labute approximate surface area is 112 Å². The van der Waals surface area contributed by atoms with Gasteiger partial charge in [0.15, 0.2) is 0 Å². The van der Waals surface area contributed by atoms with Crippen LogP contribution in [0.3, 0.4) is 0 Å². The normalized spacial score (nSPS) is 22.7. The van der Waals surface area contributed by atoms with Gasteiger partial charge in [0, 0.05) is 22.7 Å². The molecule has 0 amide bonds. The Morgan fingerprint density at radius 3 is 2.76 bits per heavy atom. The molecule has 0 aromatic heterocycles. The van der Waals surface area contributed by atoms with Gasteiger partial charge in [0.25, 0.3) is 0 Å². The van der Waals surface area contributed by atoms with Crippen LogP contribution in [0.1, 0.15) is 38.7 Å². The molecule has 0 heterocycles. The van der Waals surface area contributed by atoms with Gasteiger partial charge in [-0.05, 0) is 58.3 Å². The summed E-state index contributed by atoms with van der Waals surface area (Å²) < 4.78 is 1.12. The van der Waals surface area contributed by atoms with E-state index in [0.29, 0.717) is 18.0 Å². The summed E-state index contributed by atoms with van der Waals surface area (Å²) in [7, 11) is 0. The van der Waals surface area contributed by atoms with Crippen LogP contribution < -0.4 is 11.1 Å². The Balaban J connectivity index is 2.04.